The van der Waals surface area contributed by atoms with Crippen LogP contribution in [0.3, 0.4) is 0 Å². The number of amides is 2. The molecule has 0 bridgehead atoms. The lowest BCUT2D eigenvalue weighted by Gasteiger charge is -2.25. The summed E-state index contributed by atoms with van der Waals surface area (Å²) in [6, 6.07) is 5.35. The lowest BCUT2D eigenvalue weighted by atomic mass is 9.86. The minimum absolute atomic E-state index is 0.101. The molecule has 0 radical (unpaired) electrons. The van der Waals surface area contributed by atoms with E-state index in [0.717, 1.165) is 25.3 Å². The summed E-state index contributed by atoms with van der Waals surface area (Å²) < 4.78 is 10.8. The first kappa shape index (κ1) is 21.5. The molecule has 1 aliphatic carbocycles. The Hall–Kier alpha value is -2.24. The maximum atomic E-state index is 13.2. The number of hydrogen-bond acceptors (Lipinski definition) is 4. The van der Waals surface area contributed by atoms with E-state index in [1.807, 2.05) is 15.9 Å². The van der Waals surface area contributed by atoms with Crippen molar-refractivity contribution in [1.82, 2.24) is 9.80 Å². The van der Waals surface area contributed by atoms with Gasteiger partial charge in [-0.05, 0) is 30.9 Å². The maximum Gasteiger partial charge on any atom is 0.261 e. The zero-order valence-electron chi connectivity index (χ0n) is 17.8. The lowest BCUT2D eigenvalue weighted by Crippen LogP contribution is -2.37. The first-order chi connectivity index (χ1) is 14.1. The quantitative estimate of drug-likeness (QED) is 0.727. The van der Waals surface area contributed by atoms with E-state index < -0.39 is 0 Å². The summed E-state index contributed by atoms with van der Waals surface area (Å²) >= 11 is 0. The van der Waals surface area contributed by atoms with Gasteiger partial charge in [-0.25, -0.2) is 0 Å². The highest BCUT2D eigenvalue weighted by atomic mass is 16.5. The second kappa shape index (κ2) is 10.5. The molecule has 3 rings (SSSR count). The fourth-order valence-corrected chi connectivity index (χ4v) is 4.55. The van der Waals surface area contributed by atoms with Crippen molar-refractivity contribution in [2.24, 2.45) is 5.92 Å². The normalized spacial score (nSPS) is 18.3. The van der Waals surface area contributed by atoms with Gasteiger partial charge in [-0.3, -0.25) is 9.59 Å². The van der Waals surface area contributed by atoms with Crippen LogP contribution in [0.2, 0.25) is 0 Å². The molecule has 0 N–H and O–H groups in total. The Balaban J connectivity index is 1.58. The van der Waals surface area contributed by atoms with E-state index in [1.165, 1.54) is 32.1 Å². The van der Waals surface area contributed by atoms with Crippen LogP contribution in [0.5, 0.6) is 11.5 Å². The molecule has 160 valence electrons. The molecule has 6 heteroatoms. The van der Waals surface area contributed by atoms with Gasteiger partial charge >= 0.3 is 0 Å². The molecule has 2 amide bonds. The zero-order chi connectivity index (χ0) is 20.6. The number of ether oxygens (including phenoxy) is 2. The standard InChI is InChI=1S/C23H34N2O4/c1-28-19-10-6-11-20(29-2)22(19)23(27)25-15-7-14-24(16-17-25)21(26)13-12-18-8-4-3-5-9-18/h6,10-11,18H,3-5,7-9,12-17H2,1-2H3. The molecule has 0 aromatic heterocycles. The van der Waals surface area contributed by atoms with Crippen molar-refractivity contribution in [2.75, 3.05) is 40.4 Å². The largest absolute Gasteiger partial charge is 0.496 e. The van der Waals surface area contributed by atoms with Crippen LogP contribution in [0.15, 0.2) is 18.2 Å². The summed E-state index contributed by atoms with van der Waals surface area (Å²) in [6.07, 6.45) is 8.95. The summed E-state index contributed by atoms with van der Waals surface area (Å²) in [5, 5.41) is 0. The van der Waals surface area contributed by atoms with Crippen molar-refractivity contribution in [2.45, 2.75) is 51.4 Å². The molecule has 0 spiro atoms. The van der Waals surface area contributed by atoms with E-state index in [9.17, 15) is 9.59 Å². The Morgan fingerprint density at radius 3 is 2.17 bits per heavy atom. The molecule has 1 aromatic rings. The van der Waals surface area contributed by atoms with E-state index in [4.69, 9.17) is 9.47 Å². The maximum absolute atomic E-state index is 13.2. The second-order valence-electron chi connectivity index (χ2n) is 8.11. The van der Waals surface area contributed by atoms with Crippen LogP contribution >= 0.6 is 0 Å². The third-order valence-corrected chi connectivity index (χ3v) is 6.27. The fraction of sp³-hybridized carbons (Fsp3) is 0.652. The van der Waals surface area contributed by atoms with E-state index >= 15 is 0 Å². The predicted octanol–water partition coefficient (Wildman–Crippen LogP) is 3.74. The summed E-state index contributed by atoms with van der Waals surface area (Å²) in [7, 11) is 3.11. The molecule has 0 atom stereocenters. The number of carbonyl (C=O) groups is 2. The predicted molar refractivity (Wildman–Crippen MR) is 112 cm³/mol. The first-order valence-electron chi connectivity index (χ1n) is 10.9. The van der Waals surface area contributed by atoms with Gasteiger partial charge in [0.2, 0.25) is 5.91 Å². The molecule has 0 unspecified atom stereocenters. The van der Waals surface area contributed by atoms with Gasteiger partial charge < -0.3 is 19.3 Å². The van der Waals surface area contributed by atoms with Gasteiger partial charge in [-0.2, -0.15) is 0 Å². The van der Waals surface area contributed by atoms with Crippen molar-refractivity contribution in [1.29, 1.82) is 0 Å². The van der Waals surface area contributed by atoms with Gasteiger partial charge in [0.15, 0.2) is 0 Å². The highest BCUT2D eigenvalue weighted by Crippen LogP contribution is 2.30. The highest BCUT2D eigenvalue weighted by Gasteiger charge is 2.27. The Kier molecular flexibility index (Phi) is 7.78. The summed E-state index contributed by atoms with van der Waals surface area (Å²) in [6.45, 7) is 2.48. The molecular formula is C23H34N2O4. The first-order valence-corrected chi connectivity index (χ1v) is 10.9. The zero-order valence-corrected chi connectivity index (χ0v) is 17.8. The molecule has 2 fully saturated rings. The Morgan fingerprint density at radius 2 is 1.52 bits per heavy atom. The van der Waals surface area contributed by atoms with Crippen LogP contribution in [-0.4, -0.2) is 62.0 Å². The fourth-order valence-electron chi connectivity index (χ4n) is 4.55. The Bertz CT molecular complexity index is 678. The number of benzene rings is 1. The molecule has 1 aromatic carbocycles. The lowest BCUT2D eigenvalue weighted by molar-refractivity contribution is -0.131. The van der Waals surface area contributed by atoms with E-state index in [0.29, 0.717) is 43.1 Å². The minimum atomic E-state index is -0.101. The topological polar surface area (TPSA) is 59.1 Å². The van der Waals surface area contributed by atoms with Crippen molar-refractivity contribution >= 4 is 11.8 Å². The molecule has 1 aliphatic heterocycles. The van der Waals surface area contributed by atoms with Crippen LogP contribution in [0, 0.1) is 5.92 Å². The molecule has 1 heterocycles. The monoisotopic (exact) mass is 402 g/mol. The third-order valence-electron chi connectivity index (χ3n) is 6.27. The number of carbonyl (C=O) groups excluding carboxylic acids is 2. The number of nitrogens with zero attached hydrogens (tertiary/aromatic N) is 2. The summed E-state index contributed by atoms with van der Waals surface area (Å²) in [4.78, 5) is 29.7. The van der Waals surface area contributed by atoms with Gasteiger partial charge in [0.25, 0.3) is 5.91 Å². The van der Waals surface area contributed by atoms with Crippen molar-refractivity contribution in [3.05, 3.63) is 23.8 Å². The van der Waals surface area contributed by atoms with Crippen LogP contribution < -0.4 is 9.47 Å². The van der Waals surface area contributed by atoms with Gasteiger partial charge in [0.1, 0.15) is 17.1 Å². The Morgan fingerprint density at radius 1 is 0.897 bits per heavy atom. The van der Waals surface area contributed by atoms with Crippen LogP contribution in [-0.2, 0) is 4.79 Å². The van der Waals surface area contributed by atoms with Gasteiger partial charge in [-0.1, -0.05) is 38.2 Å². The van der Waals surface area contributed by atoms with Crippen LogP contribution in [0.25, 0.3) is 0 Å². The number of rotatable bonds is 6. The van der Waals surface area contributed by atoms with E-state index in [1.54, 1.807) is 26.4 Å². The minimum Gasteiger partial charge on any atom is -0.496 e. The molecule has 29 heavy (non-hydrogen) atoms. The SMILES string of the molecule is COc1cccc(OC)c1C(=O)N1CCCN(C(=O)CCC2CCCCC2)CC1. The summed E-state index contributed by atoms with van der Waals surface area (Å²) in [5.74, 6) is 1.88. The highest BCUT2D eigenvalue weighted by molar-refractivity contribution is 5.99. The Labute approximate surface area is 174 Å². The molecule has 1 saturated carbocycles. The van der Waals surface area contributed by atoms with Crippen molar-refractivity contribution in [3.8, 4) is 11.5 Å². The second-order valence-corrected chi connectivity index (χ2v) is 8.11. The molecule has 1 saturated heterocycles. The molecule has 6 nitrogen and oxygen atoms in total. The van der Waals surface area contributed by atoms with Gasteiger partial charge in [-0.15, -0.1) is 0 Å². The average molecular weight is 403 g/mol. The number of methoxy groups -OCH3 is 2. The van der Waals surface area contributed by atoms with Crippen molar-refractivity contribution in [3.63, 3.8) is 0 Å². The molecule has 2 aliphatic rings. The van der Waals surface area contributed by atoms with Crippen molar-refractivity contribution < 1.29 is 19.1 Å². The van der Waals surface area contributed by atoms with Crippen LogP contribution in [0.1, 0.15) is 61.7 Å². The van der Waals surface area contributed by atoms with E-state index in [-0.39, 0.29) is 11.8 Å². The van der Waals surface area contributed by atoms with E-state index in [2.05, 4.69) is 0 Å². The van der Waals surface area contributed by atoms with Gasteiger partial charge in [0.05, 0.1) is 14.2 Å². The van der Waals surface area contributed by atoms with Gasteiger partial charge in [0, 0.05) is 32.6 Å². The molecular weight excluding hydrogens is 368 g/mol. The van der Waals surface area contributed by atoms with Crippen LogP contribution in [0.4, 0.5) is 0 Å². The third kappa shape index (κ3) is 5.43. The smallest absolute Gasteiger partial charge is 0.261 e. The average Bonchev–Trinajstić information content (AvgIpc) is 3.03. The summed E-state index contributed by atoms with van der Waals surface area (Å²) in [5.41, 5.74) is 0.453. The number of hydrogen-bond donors (Lipinski definition) is 0.